The third kappa shape index (κ3) is 4.32. The molecule has 0 saturated carbocycles. The van der Waals surface area contributed by atoms with Gasteiger partial charge in [0.25, 0.3) is 0 Å². The lowest BCUT2D eigenvalue weighted by molar-refractivity contribution is -0.115. The molecule has 3 N–H and O–H groups in total. The normalized spacial score (nSPS) is 10.7. The third-order valence-electron chi connectivity index (χ3n) is 3.83. The van der Waals surface area contributed by atoms with E-state index in [-0.39, 0.29) is 5.91 Å². The average molecular weight is 329 g/mol. The Balaban J connectivity index is 1.84. The van der Waals surface area contributed by atoms with E-state index < -0.39 is 0 Å². The van der Waals surface area contributed by atoms with Gasteiger partial charge in [0, 0.05) is 11.3 Å². The van der Waals surface area contributed by atoms with Crippen molar-refractivity contribution < 1.29 is 4.79 Å². The van der Waals surface area contributed by atoms with Crippen molar-refractivity contribution >= 4 is 17.8 Å². The second kappa shape index (κ2) is 7.93. The summed E-state index contributed by atoms with van der Waals surface area (Å²) in [5.74, 6) is 5.19. The van der Waals surface area contributed by atoms with Crippen LogP contribution in [0, 0.1) is 0 Å². The number of benzene rings is 3. The molecular weight excluding hydrogens is 310 g/mol. The van der Waals surface area contributed by atoms with Gasteiger partial charge in [0.1, 0.15) is 0 Å². The van der Waals surface area contributed by atoms with Gasteiger partial charge in [-0.15, -0.1) is 0 Å². The Hall–Kier alpha value is -3.40. The smallest absolute Gasteiger partial charge is 0.228 e. The average Bonchev–Trinajstić information content (AvgIpc) is 2.63. The molecule has 0 bridgehead atoms. The van der Waals surface area contributed by atoms with Crippen LogP contribution in [0.15, 0.2) is 84.0 Å². The van der Waals surface area contributed by atoms with Crippen molar-refractivity contribution in [3.8, 4) is 11.1 Å². The van der Waals surface area contributed by atoms with E-state index in [2.05, 4.69) is 10.4 Å². The number of nitrogens with two attached hydrogens (primary N) is 1. The molecule has 25 heavy (non-hydrogen) atoms. The topological polar surface area (TPSA) is 67.5 Å². The van der Waals surface area contributed by atoms with E-state index >= 15 is 0 Å². The quantitative estimate of drug-likeness (QED) is 0.424. The van der Waals surface area contributed by atoms with Crippen molar-refractivity contribution in [2.24, 2.45) is 10.9 Å². The van der Waals surface area contributed by atoms with Crippen molar-refractivity contribution in [3.05, 3.63) is 90.0 Å². The molecule has 0 aliphatic rings. The Morgan fingerprint density at radius 2 is 1.72 bits per heavy atom. The summed E-state index contributed by atoms with van der Waals surface area (Å²) in [6.07, 6.45) is 1.94. The maximum Gasteiger partial charge on any atom is 0.228 e. The summed E-state index contributed by atoms with van der Waals surface area (Å²) in [4.78, 5) is 12.4. The minimum Gasteiger partial charge on any atom is -0.325 e. The van der Waals surface area contributed by atoms with Crippen molar-refractivity contribution in [2.45, 2.75) is 6.42 Å². The molecule has 3 aromatic rings. The lowest BCUT2D eigenvalue weighted by Gasteiger charge is -2.12. The molecule has 0 atom stereocenters. The van der Waals surface area contributed by atoms with Crippen LogP contribution in [0.3, 0.4) is 0 Å². The van der Waals surface area contributed by atoms with Crippen LogP contribution in [0.4, 0.5) is 5.69 Å². The summed E-state index contributed by atoms with van der Waals surface area (Å²) in [6, 6.07) is 25.3. The minimum absolute atomic E-state index is 0.0432. The number of carbonyl (C=O) groups excluding carboxylic acids is 1. The fraction of sp³-hybridized carbons (Fsp3) is 0.0476. The molecule has 0 aliphatic heterocycles. The largest absolute Gasteiger partial charge is 0.325 e. The number of amides is 1. The molecule has 0 unspecified atom stereocenters. The Morgan fingerprint density at radius 3 is 2.52 bits per heavy atom. The van der Waals surface area contributed by atoms with Crippen LogP contribution in [-0.4, -0.2) is 12.1 Å². The van der Waals surface area contributed by atoms with Gasteiger partial charge in [-0.1, -0.05) is 66.7 Å². The molecule has 3 aromatic carbocycles. The van der Waals surface area contributed by atoms with Crippen LogP contribution < -0.4 is 11.2 Å². The third-order valence-corrected chi connectivity index (χ3v) is 3.83. The molecule has 4 heteroatoms. The molecule has 0 fully saturated rings. The number of nitrogens with zero attached hydrogens (tertiary/aromatic N) is 1. The first-order valence-electron chi connectivity index (χ1n) is 8.03. The number of rotatable bonds is 5. The van der Waals surface area contributed by atoms with E-state index in [4.69, 9.17) is 5.84 Å². The summed E-state index contributed by atoms with van der Waals surface area (Å²) in [5, 5.41) is 6.58. The van der Waals surface area contributed by atoms with Gasteiger partial charge in [-0.2, -0.15) is 5.10 Å². The van der Waals surface area contributed by atoms with E-state index in [0.29, 0.717) is 6.42 Å². The SMILES string of the molecule is NN=Cc1cccc(-c2ccccc2NC(=O)Cc2ccccc2)c1. The van der Waals surface area contributed by atoms with E-state index in [9.17, 15) is 4.79 Å². The maximum atomic E-state index is 12.4. The molecule has 1 amide bonds. The Kier molecular flexibility index (Phi) is 5.22. The lowest BCUT2D eigenvalue weighted by atomic mass is 10.0. The maximum absolute atomic E-state index is 12.4. The van der Waals surface area contributed by atoms with Gasteiger partial charge in [0.15, 0.2) is 0 Å². The van der Waals surface area contributed by atoms with Crippen molar-refractivity contribution in [2.75, 3.05) is 5.32 Å². The highest BCUT2D eigenvalue weighted by molar-refractivity contribution is 5.97. The summed E-state index contributed by atoms with van der Waals surface area (Å²) in [5.41, 5.74) is 4.62. The second-order valence-corrected chi connectivity index (χ2v) is 5.66. The van der Waals surface area contributed by atoms with Crippen LogP contribution in [0.5, 0.6) is 0 Å². The predicted molar refractivity (Wildman–Crippen MR) is 102 cm³/mol. The van der Waals surface area contributed by atoms with Crippen molar-refractivity contribution in [1.82, 2.24) is 0 Å². The Bertz CT molecular complexity index is 888. The first-order chi connectivity index (χ1) is 12.3. The van der Waals surface area contributed by atoms with Crippen LogP contribution in [0.2, 0.25) is 0 Å². The highest BCUT2D eigenvalue weighted by atomic mass is 16.1. The van der Waals surface area contributed by atoms with Gasteiger partial charge in [0.2, 0.25) is 5.91 Å². The number of nitrogens with one attached hydrogen (secondary N) is 1. The van der Waals surface area contributed by atoms with Gasteiger partial charge < -0.3 is 11.2 Å². The fourth-order valence-corrected chi connectivity index (χ4v) is 2.69. The molecule has 4 nitrogen and oxygen atoms in total. The van der Waals surface area contributed by atoms with Crippen LogP contribution in [-0.2, 0) is 11.2 Å². The van der Waals surface area contributed by atoms with Crippen LogP contribution in [0.1, 0.15) is 11.1 Å². The number of hydrazone groups is 1. The molecule has 0 heterocycles. The summed E-state index contributed by atoms with van der Waals surface area (Å²) in [6.45, 7) is 0. The van der Waals surface area contributed by atoms with E-state index in [1.165, 1.54) is 0 Å². The molecule has 0 saturated heterocycles. The van der Waals surface area contributed by atoms with Crippen molar-refractivity contribution in [1.29, 1.82) is 0 Å². The monoisotopic (exact) mass is 329 g/mol. The number of para-hydroxylation sites is 1. The van der Waals surface area contributed by atoms with Crippen LogP contribution >= 0.6 is 0 Å². The molecule has 124 valence electrons. The van der Waals surface area contributed by atoms with Gasteiger partial charge in [-0.25, -0.2) is 0 Å². The zero-order chi connectivity index (χ0) is 17.5. The highest BCUT2D eigenvalue weighted by Crippen LogP contribution is 2.28. The number of hydrogen-bond acceptors (Lipinski definition) is 3. The molecule has 0 aliphatic carbocycles. The molecule has 3 rings (SSSR count). The summed E-state index contributed by atoms with van der Waals surface area (Å²) >= 11 is 0. The molecular formula is C21H19N3O. The zero-order valence-corrected chi connectivity index (χ0v) is 13.7. The molecule has 0 radical (unpaired) electrons. The standard InChI is InChI=1S/C21H19N3O/c22-23-15-17-9-6-10-18(13-17)19-11-4-5-12-20(19)24-21(25)14-16-7-2-1-3-8-16/h1-13,15H,14,22H2,(H,24,25). The summed E-state index contributed by atoms with van der Waals surface area (Å²) in [7, 11) is 0. The van der Waals surface area contributed by atoms with Gasteiger partial charge in [-0.05, 0) is 28.8 Å². The van der Waals surface area contributed by atoms with E-state index in [1.54, 1.807) is 6.21 Å². The number of hydrogen-bond donors (Lipinski definition) is 2. The Morgan fingerprint density at radius 1 is 0.960 bits per heavy atom. The van der Waals surface area contributed by atoms with Gasteiger partial charge in [0.05, 0.1) is 12.6 Å². The Labute approximate surface area is 147 Å². The summed E-state index contributed by atoms with van der Waals surface area (Å²) < 4.78 is 0. The first kappa shape index (κ1) is 16.5. The predicted octanol–water partition coefficient (Wildman–Crippen LogP) is 3.83. The second-order valence-electron chi connectivity index (χ2n) is 5.66. The zero-order valence-electron chi connectivity index (χ0n) is 13.7. The number of anilines is 1. The number of carbonyl (C=O) groups is 1. The molecule has 0 spiro atoms. The first-order valence-corrected chi connectivity index (χ1v) is 8.03. The lowest BCUT2D eigenvalue weighted by Crippen LogP contribution is -2.14. The van der Waals surface area contributed by atoms with Crippen molar-refractivity contribution in [3.63, 3.8) is 0 Å². The minimum atomic E-state index is -0.0432. The highest BCUT2D eigenvalue weighted by Gasteiger charge is 2.09. The van der Waals surface area contributed by atoms with Gasteiger partial charge in [-0.3, -0.25) is 4.79 Å². The fourth-order valence-electron chi connectivity index (χ4n) is 2.69. The van der Waals surface area contributed by atoms with E-state index in [1.807, 2.05) is 78.9 Å². The van der Waals surface area contributed by atoms with Crippen LogP contribution in [0.25, 0.3) is 11.1 Å². The molecule has 0 aromatic heterocycles. The van der Waals surface area contributed by atoms with E-state index in [0.717, 1.165) is 27.9 Å². The van der Waals surface area contributed by atoms with Gasteiger partial charge >= 0.3 is 0 Å².